The average molecular weight is 281 g/mol. The van der Waals surface area contributed by atoms with E-state index in [0.717, 1.165) is 0 Å². The van der Waals surface area contributed by atoms with Gasteiger partial charge in [0.1, 0.15) is 0 Å². The molecule has 0 amide bonds. The number of benzene rings is 1. The molecule has 0 spiro atoms. The Bertz CT molecular complexity index is 644. The first-order chi connectivity index (χ1) is 10.3. The zero-order valence-corrected chi connectivity index (χ0v) is 12.7. The van der Waals surface area contributed by atoms with Gasteiger partial charge in [0, 0.05) is 17.8 Å². The van der Waals surface area contributed by atoms with Crippen molar-refractivity contribution in [1.29, 1.82) is 0 Å². The molecule has 2 unspecified atom stereocenters. The summed E-state index contributed by atoms with van der Waals surface area (Å²) in [7, 11) is 0. The number of nitrogens with one attached hydrogen (secondary N) is 1. The van der Waals surface area contributed by atoms with E-state index >= 15 is 0 Å². The van der Waals surface area contributed by atoms with Gasteiger partial charge >= 0.3 is 0 Å². The summed E-state index contributed by atoms with van der Waals surface area (Å²) in [6.45, 7) is 2.28. The fourth-order valence-corrected chi connectivity index (χ4v) is 3.86. The minimum atomic E-state index is 0.435. The van der Waals surface area contributed by atoms with Gasteiger partial charge in [-0.15, -0.1) is 0 Å². The molecule has 2 heterocycles. The highest BCUT2D eigenvalue weighted by atomic mass is 15.1. The van der Waals surface area contributed by atoms with Crippen LogP contribution in [0, 0.1) is 0 Å². The van der Waals surface area contributed by atoms with Crippen LogP contribution in [0.25, 0.3) is 5.69 Å². The highest BCUT2D eigenvalue weighted by molar-refractivity contribution is 5.44. The maximum atomic E-state index is 4.42. The lowest BCUT2D eigenvalue weighted by molar-refractivity contribution is 0.334. The zero-order chi connectivity index (χ0) is 14.2. The maximum Gasteiger partial charge on any atom is 0.0994 e. The Morgan fingerprint density at radius 3 is 2.95 bits per heavy atom. The molecule has 0 bridgehead atoms. The smallest absolute Gasteiger partial charge is 0.0994 e. The van der Waals surface area contributed by atoms with Crippen molar-refractivity contribution in [2.24, 2.45) is 0 Å². The number of hydrogen-bond donors (Lipinski definition) is 1. The summed E-state index contributed by atoms with van der Waals surface area (Å²) in [5.74, 6) is 0. The van der Waals surface area contributed by atoms with Gasteiger partial charge in [0.25, 0.3) is 0 Å². The van der Waals surface area contributed by atoms with Crippen molar-refractivity contribution in [3.8, 4) is 5.69 Å². The molecule has 1 aliphatic carbocycles. The fraction of sp³-hybridized carbons (Fsp3) is 0.500. The first kappa shape index (κ1) is 13.1. The van der Waals surface area contributed by atoms with Crippen molar-refractivity contribution < 1.29 is 0 Å². The summed E-state index contributed by atoms with van der Waals surface area (Å²) in [6.07, 6.45) is 11.6. The molecule has 1 fully saturated rings. The SMILES string of the molecule is CC1CCCC(c2cncn2-c2ccc3c(c2)CCC3)N1. The zero-order valence-electron chi connectivity index (χ0n) is 12.7. The van der Waals surface area contributed by atoms with Gasteiger partial charge in [-0.05, 0) is 68.7 Å². The summed E-state index contributed by atoms with van der Waals surface area (Å²) >= 11 is 0. The molecule has 1 aliphatic heterocycles. The van der Waals surface area contributed by atoms with Gasteiger partial charge in [-0.2, -0.15) is 0 Å². The van der Waals surface area contributed by atoms with Crippen molar-refractivity contribution in [2.75, 3.05) is 0 Å². The lowest BCUT2D eigenvalue weighted by atomic mass is 9.97. The monoisotopic (exact) mass is 281 g/mol. The quantitative estimate of drug-likeness (QED) is 0.912. The van der Waals surface area contributed by atoms with E-state index in [4.69, 9.17) is 0 Å². The molecule has 1 N–H and O–H groups in total. The third-order valence-electron chi connectivity index (χ3n) is 5.00. The van der Waals surface area contributed by atoms with Crippen molar-refractivity contribution in [3.63, 3.8) is 0 Å². The third kappa shape index (κ3) is 2.40. The second-order valence-electron chi connectivity index (χ2n) is 6.55. The van der Waals surface area contributed by atoms with Gasteiger partial charge < -0.3 is 9.88 Å². The number of nitrogens with zero attached hydrogens (tertiary/aromatic N) is 2. The van der Waals surface area contributed by atoms with Crippen LogP contribution in [-0.4, -0.2) is 15.6 Å². The van der Waals surface area contributed by atoms with E-state index in [9.17, 15) is 0 Å². The molecule has 1 aromatic carbocycles. The Kier molecular flexibility index (Phi) is 3.30. The molecule has 21 heavy (non-hydrogen) atoms. The largest absolute Gasteiger partial charge is 0.306 e. The summed E-state index contributed by atoms with van der Waals surface area (Å²) < 4.78 is 2.27. The summed E-state index contributed by atoms with van der Waals surface area (Å²) in [6, 6.07) is 7.95. The second-order valence-corrected chi connectivity index (χ2v) is 6.55. The molecule has 110 valence electrons. The Morgan fingerprint density at radius 1 is 1.14 bits per heavy atom. The van der Waals surface area contributed by atoms with E-state index in [1.807, 2.05) is 12.5 Å². The summed E-state index contributed by atoms with van der Waals surface area (Å²) in [5, 5.41) is 3.72. The molecule has 4 rings (SSSR count). The van der Waals surface area contributed by atoms with E-state index in [1.165, 1.54) is 61.0 Å². The van der Waals surface area contributed by atoms with Crippen molar-refractivity contribution >= 4 is 0 Å². The molecule has 0 radical (unpaired) electrons. The first-order valence-electron chi connectivity index (χ1n) is 8.22. The van der Waals surface area contributed by atoms with E-state index in [1.54, 1.807) is 0 Å². The van der Waals surface area contributed by atoms with Crippen molar-refractivity contribution in [1.82, 2.24) is 14.9 Å². The number of aromatic nitrogens is 2. The molecule has 0 saturated carbocycles. The Morgan fingerprint density at radius 2 is 2.05 bits per heavy atom. The van der Waals surface area contributed by atoms with Gasteiger partial charge in [0.15, 0.2) is 0 Å². The van der Waals surface area contributed by atoms with Crippen molar-refractivity contribution in [3.05, 3.63) is 47.5 Å². The minimum Gasteiger partial charge on any atom is -0.306 e. The van der Waals surface area contributed by atoms with E-state index in [0.29, 0.717) is 12.1 Å². The first-order valence-corrected chi connectivity index (χ1v) is 8.22. The molecule has 3 nitrogen and oxygen atoms in total. The maximum absolute atomic E-state index is 4.42. The predicted octanol–water partition coefficient (Wildman–Crippen LogP) is 3.56. The highest BCUT2D eigenvalue weighted by Crippen LogP contribution is 2.29. The molecule has 2 aliphatic rings. The molecular weight excluding hydrogens is 258 g/mol. The lowest BCUT2D eigenvalue weighted by Gasteiger charge is -2.29. The second kappa shape index (κ2) is 5.30. The van der Waals surface area contributed by atoms with Gasteiger partial charge in [0.2, 0.25) is 0 Å². The Labute approximate surface area is 126 Å². The lowest BCUT2D eigenvalue weighted by Crippen LogP contribution is -2.35. The topological polar surface area (TPSA) is 29.9 Å². The number of rotatable bonds is 2. The molecule has 1 aromatic heterocycles. The van der Waals surface area contributed by atoms with Crippen LogP contribution >= 0.6 is 0 Å². The summed E-state index contributed by atoms with van der Waals surface area (Å²) in [4.78, 5) is 4.42. The highest BCUT2D eigenvalue weighted by Gasteiger charge is 2.23. The molecule has 3 heteroatoms. The van der Waals surface area contributed by atoms with Crippen LogP contribution < -0.4 is 5.32 Å². The third-order valence-corrected chi connectivity index (χ3v) is 5.00. The van der Waals surface area contributed by atoms with Crippen LogP contribution in [0.4, 0.5) is 0 Å². The Hall–Kier alpha value is -1.61. The van der Waals surface area contributed by atoms with Crippen LogP contribution in [-0.2, 0) is 12.8 Å². The van der Waals surface area contributed by atoms with E-state index < -0.39 is 0 Å². The number of imidazole rings is 1. The number of aryl methyl sites for hydroxylation is 2. The van der Waals surface area contributed by atoms with Gasteiger partial charge in [-0.3, -0.25) is 0 Å². The van der Waals surface area contributed by atoms with Crippen LogP contribution in [0.3, 0.4) is 0 Å². The predicted molar refractivity (Wildman–Crippen MR) is 84.8 cm³/mol. The molecule has 2 aromatic rings. The van der Waals surface area contributed by atoms with Crippen LogP contribution in [0.5, 0.6) is 0 Å². The van der Waals surface area contributed by atoms with Gasteiger partial charge in [-0.1, -0.05) is 6.07 Å². The number of fused-ring (bicyclic) bond motifs is 1. The van der Waals surface area contributed by atoms with E-state index in [-0.39, 0.29) is 0 Å². The van der Waals surface area contributed by atoms with Crippen LogP contribution in [0.15, 0.2) is 30.7 Å². The van der Waals surface area contributed by atoms with Gasteiger partial charge in [0.05, 0.1) is 18.2 Å². The normalized spacial score (nSPS) is 25.0. The average Bonchev–Trinajstić information content (AvgIpc) is 3.15. The fourth-order valence-electron chi connectivity index (χ4n) is 3.86. The Balaban J connectivity index is 1.68. The van der Waals surface area contributed by atoms with Crippen LogP contribution in [0.1, 0.15) is 55.5 Å². The van der Waals surface area contributed by atoms with E-state index in [2.05, 4.69) is 40.0 Å². The number of hydrogen-bond acceptors (Lipinski definition) is 2. The van der Waals surface area contributed by atoms with Crippen LogP contribution in [0.2, 0.25) is 0 Å². The van der Waals surface area contributed by atoms with Crippen molar-refractivity contribution in [2.45, 2.75) is 57.5 Å². The summed E-state index contributed by atoms with van der Waals surface area (Å²) in [5.41, 5.74) is 5.63. The molecule has 2 atom stereocenters. The minimum absolute atomic E-state index is 0.435. The standard InChI is InChI=1S/C18H23N3/c1-13-4-2-7-17(20-13)18-11-19-12-21(18)16-9-8-14-5-3-6-15(14)10-16/h8-13,17,20H,2-7H2,1H3. The number of piperidine rings is 1. The van der Waals surface area contributed by atoms with Gasteiger partial charge in [-0.25, -0.2) is 4.98 Å². The molecule has 1 saturated heterocycles. The molecular formula is C18H23N3.